The Hall–Kier alpha value is -1.13. The van der Waals surface area contributed by atoms with Crippen molar-refractivity contribution in [3.05, 3.63) is 39.8 Å². The summed E-state index contributed by atoms with van der Waals surface area (Å²) in [7, 11) is 0. The van der Waals surface area contributed by atoms with Gasteiger partial charge in [-0.3, -0.25) is 0 Å². The van der Waals surface area contributed by atoms with E-state index in [1.54, 1.807) is 0 Å². The second-order valence-corrected chi connectivity index (χ2v) is 5.00. The van der Waals surface area contributed by atoms with Crippen LogP contribution in [0.15, 0.2) is 22.8 Å². The number of aryl methyl sites for hydroxylation is 2. The quantitative estimate of drug-likeness (QED) is 0.914. The van der Waals surface area contributed by atoms with Gasteiger partial charge in [0.15, 0.2) is 0 Å². The number of hydrogen-bond acceptors (Lipinski definition) is 2. The summed E-state index contributed by atoms with van der Waals surface area (Å²) in [6.45, 7) is 4.80. The lowest BCUT2D eigenvalue weighted by atomic mass is 10.0. The maximum absolute atomic E-state index is 5.53. The van der Waals surface area contributed by atoms with Gasteiger partial charge in [0.1, 0.15) is 16.1 Å². The number of halogens is 1. The molecule has 1 aromatic carbocycles. The lowest BCUT2D eigenvalue weighted by Gasteiger charge is -2.04. The maximum Gasteiger partial charge on any atom is 0.110 e. The first-order chi connectivity index (χ1) is 8.11. The van der Waals surface area contributed by atoms with Gasteiger partial charge in [0.05, 0.1) is 0 Å². The van der Waals surface area contributed by atoms with E-state index in [1.807, 2.05) is 0 Å². The van der Waals surface area contributed by atoms with Crippen molar-refractivity contribution < 1.29 is 0 Å². The highest BCUT2D eigenvalue weighted by molar-refractivity contribution is 9.10. The molecule has 4 heteroatoms. The number of nitrogens with one attached hydrogen (secondary N) is 1. The molecule has 3 N–H and O–H groups in total. The van der Waals surface area contributed by atoms with Crippen LogP contribution in [0.4, 0.5) is 0 Å². The van der Waals surface area contributed by atoms with Gasteiger partial charge in [-0.1, -0.05) is 23.8 Å². The van der Waals surface area contributed by atoms with Crippen molar-refractivity contribution in [3.63, 3.8) is 0 Å². The minimum absolute atomic E-state index is 0.603. The highest BCUT2D eigenvalue weighted by Gasteiger charge is 2.11. The number of aromatic amines is 1. The van der Waals surface area contributed by atoms with Crippen LogP contribution in [0.25, 0.3) is 11.3 Å². The first kappa shape index (κ1) is 12.3. The highest BCUT2D eigenvalue weighted by atomic mass is 79.9. The van der Waals surface area contributed by atoms with Crippen molar-refractivity contribution in [1.29, 1.82) is 0 Å². The average molecular weight is 294 g/mol. The second kappa shape index (κ2) is 5.02. The van der Waals surface area contributed by atoms with Crippen LogP contribution in [0, 0.1) is 13.8 Å². The molecule has 0 amide bonds. The zero-order chi connectivity index (χ0) is 12.4. The van der Waals surface area contributed by atoms with Crippen molar-refractivity contribution in [2.75, 3.05) is 6.54 Å². The van der Waals surface area contributed by atoms with Gasteiger partial charge in [0.25, 0.3) is 0 Å². The molecule has 0 spiro atoms. The van der Waals surface area contributed by atoms with Crippen molar-refractivity contribution in [3.8, 4) is 11.3 Å². The Kier molecular flexibility index (Phi) is 3.64. The summed E-state index contributed by atoms with van der Waals surface area (Å²) in [5.74, 6) is 0.925. The Labute approximate surface area is 110 Å². The van der Waals surface area contributed by atoms with Gasteiger partial charge in [0, 0.05) is 12.0 Å². The van der Waals surface area contributed by atoms with Crippen LogP contribution in [0.1, 0.15) is 17.0 Å². The Morgan fingerprint density at radius 3 is 2.76 bits per heavy atom. The molecule has 0 aliphatic carbocycles. The van der Waals surface area contributed by atoms with E-state index in [4.69, 9.17) is 5.73 Å². The molecule has 3 nitrogen and oxygen atoms in total. The van der Waals surface area contributed by atoms with Crippen LogP contribution < -0.4 is 5.73 Å². The molecule has 0 fully saturated rings. The zero-order valence-corrected chi connectivity index (χ0v) is 11.6. The van der Waals surface area contributed by atoms with Crippen LogP contribution in [-0.2, 0) is 6.42 Å². The van der Waals surface area contributed by atoms with Crippen LogP contribution in [0.5, 0.6) is 0 Å². The summed E-state index contributed by atoms with van der Waals surface area (Å²) in [5, 5.41) is 0. The summed E-state index contributed by atoms with van der Waals surface area (Å²) in [6.07, 6.45) is 0.767. The van der Waals surface area contributed by atoms with Crippen LogP contribution >= 0.6 is 15.9 Å². The molecule has 2 rings (SSSR count). The molecule has 0 atom stereocenters. The maximum atomic E-state index is 5.53. The van der Waals surface area contributed by atoms with Gasteiger partial charge in [0.2, 0.25) is 0 Å². The van der Waals surface area contributed by atoms with E-state index >= 15 is 0 Å². The number of H-pyrrole nitrogens is 1. The summed E-state index contributed by atoms with van der Waals surface area (Å²) in [5.41, 5.74) is 10.1. The first-order valence-electron chi connectivity index (χ1n) is 5.64. The number of hydrogen-bond donors (Lipinski definition) is 2. The number of benzene rings is 1. The lowest BCUT2D eigenvalue weighted by Crippen LogP contribution is -2.03. The molecule has 0 saturated heterocycles. The fourth-order valence-electron chi connectivity index (χ4n) is 1.91. The predicted molar refractivity (Wildman–Crippen MR) is 74.0 cm³/mol. The third kappa shape index (κ3) is 2.58. The summed E-state index contributed by atoms with van der Waals surface area (Å²) >= 11 is 3.52. The van der Waals surface area contributed by atoms with E-state index in [0.29, 0.717) is 6.54 Å². The zero-order valence-electron chi connectivity index (χ0n) is 10.0. The molecule has 2 aromatic rings. The van der Waals surface area contributed by atoms with E-state index in [0.717, 1.165) is 28.1 Å². The third-order valence-corrected chi connectivity index (χ3v) is 3.30. The molecule has 0 aliphatic heterocycles. The van der Waals surface area contributed by atoms with Crippen molar-refractivity contribution >= 4 is 15.9 Å². The molecule has 0 saturated carbocycles. The predicted octanol–water partition coefficient (Wildman–Crippen LogP) is 2.96. The SMILES string of the molecule is Cc1ccc(-c2nc(CCN)[nH]c2Br)c(C)c1. The van der Waals surface area contributed by atoms with Gasteiger partial charge in [-0.05, 0) is 41.9 Å². The van der Waals surface area contributed by atoms with Gasteiger partial charge >= 0.3 is 0 Å². The van der Waals surface area contributed by atoms with E-state index in [2.05, 4.69) is 57.9 Å². The number of rotatable bonds is 3. The second-order valence-electron chi connectivity index (χ2n) is 4.20. The third-order valence-electron chi connectivity index (χ3n) is 2.73. The average Bonchev–Trinajstić information content (AvgIpc) is 2.60. The lowest BCUT2D eigenvalue weighted by molar-refractivity contribution is 0.893. The van der Waals surface area contributed by atoms with E-state index in [-0.39, 0.29) is 0 Å². The summed E-state index contributed by atoms with van der Waals surface area (Å²) < 4.78 is 0.924. The molecular formula is C13H16BrN3. The highest BCUT2D eigenvalue weighted by Crippen LogP contribution is 2.29. The van der Waals surface area contributed by atoms with Gasteiger partial charge in [-0.15, -0.1) is 0 Å². The van der Waals surface area contributed by atoms with Gasteiger partial charge in [-0.25, -0.2) is 4.98 Å². The van der Waals surface area contributed by atoms with E-state index in [1.165, 1.54) is 11.1 Å². The summed E-state index contributed by atoms with van der Waals surface area (Å²) in [6, 6.07) is 6.38. The minimum atomic E-state index is 0.603. The van der Waals surface area contributed by atoms with Gasteiger partial charge in [-0.2, -0.15) is 0 Å². The molecule has 90 valence electrons. The Morgan fingerprint density at radius 2 is 2.12 bits per heavy atom. The number of nitrogens with zero attached hydrogens (tertiary/aromatic N) is 1. The number of imidazole rings is 1. The molecule has 0 radical (unpaired) electrons. The van der Waals surface area contributed by atoms with Crippen LogP contribution in [0.2, 0.25) is 0 Å². The van der Waals surface area contributed by atoms with Crippen molar-refractivity contribution in [1.82, 2.24) is 9.97 Å². The standard InChI is InChI=1S/C13H16BrN3/c1-8-3-4-10(9(2)7-8)12-13(14)17-11(16-12)5-6-15/h3-4,7H,5-6,15H2,1-2H3,(H,16,17). The largest absolute Gasteiger partial charge is 0.336 e. The topological polar surface area (TPSA) is 54.7 Å². The van der Waals surface area contributed by atoms with Gasteiger partial charge < -0.3 is 10.7 Å². The molecule has 0 unspecified atom stereocenters. The molecule has 0 bridgehead atoms. The molecule has 1 aromatic heterocycles. The monoisotopic (exact) mass is 293 g/mol. The number of aromatic nitrogens is 2. The normalized spacial score (nSPS) is 10.8. The van der Waals surface area contributed by atoms with Crippen LogP contribution in [0.3, 0.4) is 0 Å². The van der Waals surface area contributed by atoms with Crippen molar-refractivity contribution in [2.45, 2.75) is 20.3 Å². The van der Waals surface area contributed by atoms with Crippen LogP contribution in [-0.4, -0.2) is 16.5 Å². The first-order valence-corrected chi connectivity index (χ1v) is 6.43. The Morgan fingerprint density at radius 1 is 1.35 bits per heavy atom. The fourth-order valence-corrected chi connectivity index (χ4v) is 2.44. The van der Waals surface area contributed by atoms with Crippen molar-refractivity contribution in [2.24, 2.45) is 5.73 Å². The van der Waals surface area contributed by atoms with E-state index in [9.17, 15) is 0 Å². The minimum Gasteiger partial charge on any atom is -0.336 e. The Bertz CT molecular complexity index is 531. The molecule has 0 aliphatic rings. The molecular weight excluding hydrogens is 278 g/mol. The number of nitrogens with two attached hydrogens (primary N) is 1. The Balaban J connectivity index is 2.45. The summed E-state index contributed by atoms with van der Waals surface area (Å²) in [4.78, 5) is 7.79. The fraction of sp³-hybridized carbons (Fsp3) is 0.308. The smallest absolute Gasteiger partial charge is 0.110 e. The van der Waals surface area contributed by atoms with E-state index < -0.39 is 0 Å². The molecule has 17 heavy (non-hydrogen) atoms. The molecule has 1 heterocycles.